The van der Waals surface area contributed by atoms with E-state index >= 15 is 0 Å². The Hall–Kier alpha value is -3.36. The van der Waals surface area contributed by atoms with Crippen LogP contribution in [0.25, 0.3) is 0 Å². The third-order valence-corrected chi connectivity index (χ3v) is 10.6. The molecule has 0 aromatic heterocycles. The van der Waals surface area contributed by atoms with Gasteiger partial charge >= 0.3 is 0 Å². The molecule has 208 valence electrons. The fourth-order valence-corrected chi connectivity index (χ4v) is 8.94. The normalized spacial score (nSPS) is 30.2. The fourth-order valence-electron chi connectivity index (χ4n) is 6.95. The van der Waals surface area contributed by atoms with Gasteiger partial charge in [-0.3, -0.25) is 14.4 Å². The van der Waals surface area contributed by atoms with E-state index in [0.717, 1.165) is 22.5 Å². The zero-order chi connectivity index (χ0) is 28.2. The van der Waals surface area contributed by atoms with Gasteiger partial charge in [0.05, 0.1) is 29.2 Å². The van der Waals surface area contributed by atoms with Crippen LogP contribution in [0.4, 0.5) is 11.4 Å². The van der Waals surface area contributed by atoms with Gasteiger partial charge in [-0.15, -0.1) is 11.8 Å². The molecule has 2 aromatic carbocycles. The highest BCUT2D eigenvalue weighted by Gasteiger charge is 2.71. The van der Waals surface area contributed by atoms with Gasteiger partial charge in [0.1, 0.15) is 6.04 Å². The van der Waals surface area contributed by atoms with E-state index in [4.69, 9.17) is 0 Å². The van der Waals surface area contributed by atoms with Crippen molar-refractivity contribution in [3.63, 3.8) is 0 Å². The molecule has 0 aliphatic carbocycles. The monoisotopic (exact) mass is 557 g/mol. The van der Waals surface area contributed by atoms with Crippen LogP contribution in [-0.2, 0) is 14.4 Å². The largest absolute Gasteiger partial charge is 0.394 e. The lowest BCUT2D eigenvalue weighted by Crippen LogP contribution is -2.56. The van der Waals surface area contributed by atoms with Crippen LogP contribution in [0.1, 0.15) is 24.5 Å². The summed E-state index contributed by atoms with van der Waals surface area (Å²) in [5, 5.41) is 10.1. The predicted octanol–water partition coefficient (Wildman–Crippen LogP) is 3.88. The number of aliphatic hydroxyl groups is 1. The van der Waals surface area contributed by atoms with Crippen LogP contribution in [0.15, 0.2) is 72.8 Å². The number of hydrogen-bond donors (Lipinski definition) is 1. The van der Waals surface area contributed by atoms with Crippen LogP contribution in [0.5, 0.6) is 0 Å². The lowest BCUT2D eigenvalue weighted by Gasteiger charge is -2.38. The molecule has 7 nitrogen and oxygen atoms in total. The second-order valence-corrected chi connectivity index (χ2v) is 12.7. The van der Waals surface area contributed by atoms with Crippen LogP contribution >= 0.6 is 11.8 Å². The molecule has 1 unspecified atom stereocenters. The highest BCUT2D eigenvalue weighted by atomic mass is 32.2. The summed E-state index contributed by atoms with van der Waals surface area (Å²) in [5.41, 5.74) is 3.64. The quantitative estimate of drug-likeness (QED) is 0.565. The van der Waals surface area contributed by atoms with Crippen molar-refractivity contribution in [1.82, 2.24) is 4.90 Å². The van der Waals surface area contributed by atoms with Gasteiger partial charge in [0, 0.05) is 29.7 Å². The number of aryl methyl sites for hydroxylation is 2. The Morgan fingerprint density at radius 2 is 1.73 bits per heavy atom. The SMILES string of the molecule is CC[C@@H](CO)N1C(=O)[C@@H]2[C@H]3C(=O)N(c4ccccc4)CC=C[C@H]3S[C@@]23C=CCN(c2cc(C)ccc2C)C(=O)C13. The Labute approximate surface area is 239 Å². The van der Waals surface area contributed by atoms with Crippen molar-refractivity contribution in [2.75, 3.05) is 29.5 Å². The van der Waals surface area contributed by atoms with E-state index in [2.05, 4.69) is 0 Å². The maximum atomic E-state index is 14.6. The minimum atomic E-state index is -0.918. The highest BCUT2D eigenvalue weighted by molar-refractivity contribution is 8.02. The smallest absolute Gasteiger partial charge is 0.251 e. The summed E-state index contributed by atoms with van der Waals surface area (Å²) in [6, 6.07) is 14.2. The second kappa shape index (κ2) is 10.2. The predicted molar refractivity (Wildman–Crippen MR) is 158 cm³/mol. The summed E-state index contributed by atoms with van der Waals surface area (Å²) in [4.78, 5) is 48.5. The molecule has 4 aliphatic heterocycles. The molecule has 0 radical (unpaired) electrons. The molecule has 0 saturated carbocycles. The minimum Gasteiger partial charge on any atom is -0.394 e. The Kier molecular flexibility index (Phi) is 6.87. The van der Waals surface area contributed by atoms with Gasteiger partial charge in [-0.25, -0.2) is 0 Å². The van der Waals surface area contributed by atoms with Gasteiger partial charge in [0.25, 0.3) is 5.91 Å². The first kappa shape index (κ1) is 26.8. The zero-order valence-electron chi connectivity index (χ0n) is 23.1. The van der Waals surface area contributed by atoms with Crippen molar-refractivity contribution in [3.05, 3.63) is 84.0 Å². The molecule has 1 N–H and O–H groups in total. The van der Waals surface area contributed by atoms with Crippen molar-refractivity contribution >= 4 is 40.9 Å². The van der Waals surface area contributed by atoms with E-state index in [0.29, 0.717) is 19.5 Å². The van der Waals surface area contributed by atoms with Gasteiger partial charge < -0.3 is 19.8 Å². The van der Waals surface area contributed by atoms with Crippen molar-refractivity contribution in [2.45, 2.75) is 49.3 Å². The number of anilines is 2. The Morgan fingerprint density at radius 3 is 2.45 bits per heavy atom. The van der Waals surface area contributed by atoms with Crippen molar-refractivity contribution in [2.24, 2.45) is 11.8 Å². The number of nitrogens with zero attached hydrogens (tertiary/aromatic N) is 3. The number of hydrogen-bond acceptors (Lipinski definition) is 5. The van der Waals surface area contributed by atoms with Gasteiger partial charge in [-0.05, 0) is 49.6 Å². The maximum absolute atomic E-state index is 14.6. The van der Waals surface area contributed by atoms with Crippen LogP contribution in [0.2, 0.25) is 0 Å². The molecule has 2 fully saturated rings. The van der Waals surface area contributed by atoms with Gasteiger partial charge in [-0.1, -0.05) is 61.6 Å². The number of fused-ring (bicyclic) bond motifs is 2. The zero-order valence-corrected chi connectivity index (χ0v) is 23.9. The number of likely N-dealkylation sites (tertiary alicyclic amines) is 1. The van der Waals surface area contributed by atoms with E-state index in [1.165, 1.54) is 0 Å². The fraction of sp³-hybridized carbons (Fsp3) is 0.406. The summed E-state index contributed by atoms with van der Waals surface area (Å²) in [6.07, 6.45) is 8.58. The van der Waals surface area contributed by atoms with Crippen LogP contribution in [0.3, 0.4) is 0 Å². The summed E-state index contributed by atoms with van der Waals surface area (Å²) in [6.45, 7) is 6.47. The molecule has 0 bridgehead atoms. The standard InChI is InChI=1S/C32H35N3O4S/c1-4-22(19-36)35-28-31(39)34(24-18-20(2)13-14-21(24)3)17-9-15-32(28)27(30(35)38)26-25(40-32)12-8-16-33(29(26)37)23-10-6-5-7-11-23/h5-15,18,22,25-28,36H,4,16-17,19H2,1-3H3/t22-,25+,26-,27-,28?,32-/m0/s1. The maximum Gasteiger partial charge on any atom is 0.251 e. The Bertz CT molecular complexity index is 1400. The topological polar surface area (TPSA) is 81.2 Å². The minimum absolute atomic E-state index is 0.0990. The number of carbonyl (C=O) groups excluding carboxylic acids is 3. The molecular formula is C32H35N3O4S. The number of thioether (sulfide) groups is 1. The summed E-state index contributed by atoms with van der Waals surface area (Å²) >= 11 is 1.57. The average Bonchev–Trinajstić information content (AvgIpc) is 3.27. The third-order valence-electron chi connectivity index (χ3n) is 8.90. The molecule has 40 heavy (non-hydrogen) atoms. The third kappa shape index (κ3) is 3.95. The molecule has 3 amide bonds. The Balaban J connectivity index is 1.48. The van der Waals surface area contributed by atoms with Crippen molar-refractivity contribution in [3.8, 4) is 0 Å². The summed E-state index contributed by atoms with van der Waals surface area (Å²) in [7, 11) is 0. The van der Waals surface area contributed by atoms with Crippen molar-refractivity contribution < 1.29 is 19.5 Å². The van der Waals surface area contributed by atoms with E-state index in [1.807, 2.05) is 93.6 Å². The number of benzene rings is 2. The van der Waals surface area contributed by atoms with Gasteiger partial charge in [0.2, 0.25) is 11.8 Å². The molecule has 6 rings (SSSR count). The summed E-state index contributed by atoms with van der Waals surface area (Å²) in [5.74, 6) is -1.82. The molecule has 4 heterocycles. The van der Waals surface area contributed by atoms with E-state index in [1.54, 1.807) is 26.5 Å². The molecule has 2 saturated heterocycles. The number of para-hydroxylation sites is 1. The Morgan fingerprint density at radius 1 is 0.975 bits per heavy atom. The second-order valence-electron chi connectivity index (χ2n) is 11.2. The lowest BCUT2D eigenvalue weighted by atomic mass is 9.78. The summed E-state index contributed by atoms with van der Waals surface area (Å²) < 4.78 is -0.918. The molecule has 1 spiro atoms. The molecule has 6 atom stereocenters. The van der Waals surface area contributed by atoms with E-state index in [-0.39, 0.29) is 29.6 Å². The van der Waals surface area contributed by atoms with Crippen LogP contribution in [0, 0.1) is 25.7 Å². The highest BCUT2D eigenvalue weighted by Crippen LogP contribution is 2.61. The lowest BCUT2D eigenvalue weighted by molar-refractivity contribution is -0.141. The van der Waals surface area contributed by atoms with Crippen LogP contribution < -0.4 is 9.80 Å². The van der Waals surface area contributed by atoms with E-state index in [9.17, 15) is 19.5 Å². The number of rotatable bonds is 5. The first-order valence-corrected chi connectivity index (χ1v) is 14.9. The first-order valence-electron chi connectivity index (χ1n) is 14.0. The average molecular weight is 558 g/mol. The van der Waals surface area contributed by atoms with Gasteiger partial charge in [-0.2, -0.15) is 0 Å². The first-order chi connectivity index (χ1) is 19.3. The van der Waals surface area contributed by atoms with E-state index < -0.39 is 28.7 Å². The number of carbonyl (C=O) groups is 3. The molecule has 8 heteroatoms. The number of aliphatic hydroxyl groups excluding tert-OH is 1. The van der Waals surface area contributed by atoms with Gasteiger partial charge in [0.15, 0.2) is 0 Å². The molecule has 2 aromatic rings. The van der Waals surface area contributed by atoms with Crippen LogP contribution in [-0.4, -0.2) is 69.5 Å². The number of amides is 3. The molecular weight excluding hydrogens is 522 g/mol. The van der Waals surface area contributed by atoms with Crippen molar-refractivity contribution in [1.29, 1.82) is 0 Å². The molecule has 4 aliphatic rings.